The largest absolute Gasteiger partial charge is 0.497 e. The lowest BCUT2D eigenvalue weighted by atomic mass is 10.1. The minimum atomic E-state index is 0.670. The van der Waals surface area contributed by atoms with Crippen LogP contribution in [-0.2, 0) is 0 Å². The second-order valence-corrected chi connectivity index (χ2v) is 6.73. The molecule has 0 N–H and O–H groups in total. The minimum Gasteiger partial charge on any atom is -0.497 e. The molecule has 2 aromatic carbocycles. The van der Waals surface area contributed by atoms with Crippen molar-refractivity contribution in [2.75, 3.05) is 27.1 Å². The predicted molar refractivity (Wildman–Crippen MR) is 104 cm³/mol. The third-order valence-corrected chi connectivity index (χ3v) is 5.11. The van der Waals surface area contributed by atoms with Gasteiger partial charge >= 0.3 is 0 Å². The van der Waals surface area contributed by atoms with Crippen molar-refractivity contribution in [1.82, 2.24) is 14.9 Å². The summed E-state index contributed by atoms with van der Waals surface area (Å²) in [6, 6.07) is 13.4. The molecule has 0 spiro atoms. The van der Waals surface area contributed by atoms with Gasteiger partial charge in [0.1, 0.15) is 17.2 Å². The molecule has 0 saturated carbocycles. The fraction of sp³-hybridized carbons (Fsp3) is 0.211. The van der Waals surface area contributed by atoms with E-state index in [9.17, 15) is 0 Å². The number of nitrogens with zero attached hydrogens (tertiary/aromatic N) is 4. The van der Waals surface area contributed by atoms with Crippen LogP contribution in [0.2, 0.25) is 0 Å². The molecule has 0 atom stereocenters. The first kappa shape index (κ1) is 17.4. The average molecular weight is 382 g/mol. The SMILES string of the molecule is COc1cc(OC)cc(C2=Nn3c(nnc3-c3cccc(OC)c3)SC2)c1. The summed E-state index contributed by atoms with van der Waals surface area (Å²) in [5, 5.41) is 14.1. The van der Waals surface area contributed by atoms with Crippen molar-refractivity contribution in [2.45, 2.75) is 5.16 Å². The van der Waals surface area contributed by atoms with E-state index in [2.05, 4.69) is 10.2 Å². The van der Waals surface area contributed by atoms with Crippen LogP contribution in [0.15, 0.2) is 52.7 Å². The van der Waals surface area contributed by atoms with Gasteiger partial charge < -0.3 is 14.2 Å². The Bertz CT molecular complexity index is 994. The van der Waals surface area contributed by atoms with E-state index in [4.69, 9.17) is 19.3 Å². The second-order valence-electron chi connectivity index (χ2n) is 5.79. The zero-order chi connectivity index (χ0) is 18.8. The van der Waals surface area contributed by atoms with E-state index >= 15 is 0 Å². The number of methoxy groups -OCH3 is 3. The van der Waals surface area contributed by atoms with E-state index in [1.54, 1.807) is 37.8 Å². The van der Waals surface area contributed by atoms with Gasteiger partial charge in [0, 0.05) is 22.9 Å². The van der Waals surface area contributed by atoms with E-state index < -0.39 is 0 Å². The van der Waals surface area contributed by atoms with Gasteiger partial charge in [-0.1, -0.05) is 23.9 Å². The van der Waals surface area contributed by atoms with Crippen molar-refractivity contribution in [1.29, 1.82) is 0 Å². The summed E-state index contributed by atoms with van der Waals surface area (Å²) in [4.78, 5) is 0. The Morgan fingerprint density at radius 3 is 2.26 bits per heavy atom. The molecule has 7 nitrogen and oxygen atoms in total. The van der Waals surface area contributed by atoms with Gasteiger partial charge in [-0.15, -0.1) is 10.2 Å². The number of hydrogen-bond acceptors (Lipinski definition) is 7. The first-order valence-corrected chi connectivity index (χ1v) is 9.24. The van der Waals surface area contributed by atoms with E-state index in [1.165, 1.54) is 0 Å². The van der Waals surface area contributed by atoms with Crippen molar-refractivity contribution in [3.05, 3.63) is 48.0 Å². The summed E-state index contributed by atoms with van der Waals surface area (Å²) in [5.74, 6) is 3.56. The molecule has 0 amide bonds. The number of fused-ring (bicyclic) bond motifs is 1. The number of hydrogen-bond donors (Lipinski definition) is 0. The maximum absolute atomic E-state index is 5.37. The molecule has 1 aliphatic heterocycles. The molecular formula is C19H18N4O3S. The van der Waals surface area contributed by atoms with Crippen molar-refractivity contribution in [3.8, 4) is 28.6 Å². The van der Waals surface area contributed by atoms with Crippen LogP contribution in [-0.4, -0.2) is 47.7 Å². The van der Waals surface area contributed by atoms with Crippen LogP contribution in [0.3, 0.4) is 0 Å². The third-order valence-electron chi connectivity index (χ3n) is 4.18. The quantitative estimate of drug-likeness (QED) is 0.674. The molecule has 0 aliphatic carbocycles. The lowest BCUT2D eigenvalue weighted by Crippen LogP contribution is -2.14. The number of benzene rings is 2. The fourth-order valence-electron chi connectivity index (χ4n) is 2.79. The molecule has 1 aliphatic rings. The van der Waals surface area contributed by atoms with Crippen LogP contribution in [0.25, 0.3) is 11.4 Å². The first-order valence-electron chi connectivity index (χ1n) is 8.25. The smallest absolute Gasteiger partial charge is 0.212 e. The zero-order valence-corrected chi connectivity index (χ0v) is 16.0. The summed E-state index contributed by atoms with van der Waals surface area (Å²) >= 11 is 1.59. The van der Waals surface area contributed by atoms with Crippen LogP contribution >= 0.6 is 11.8 Å². The van der Waals surface area contributed by atoms with Crippen molar-refractivity contribution in [2.24, 2.45) is 5.10 Å². The van der Waals surface area contributed by atoms with E-state index in [0.29, 0.717) is 11.6 Å². The number of thioether (sulfide) groups is 1. The Morgan fingerprint density at radius 2 is 1.56 bits per heavy atom. The van der Waals surface area contributed by atoms with Gasteiger partial charge in [0.15, 0.2) is 5.82 Å². The summed E-state index contributed by atoms with van der Waals surface area (Å²) in [6.07, 6.45) is 0. The highest BCUT2D eigenvalue weighted by Crippen LogP contribution is 2.31. The summed E-state index contributed by atoms with van der Waals surface area (Å²) in [6.45, 7) is 0. The summed E-state index contributed by atoms with van der Waals surface area (Å²) in [7, 11) is 4.91. The lowest BCUT2D eigenvalue weighted by molar-refractivity contribution is 0.394. The highest BCUT2D eigenvalue weighted by molar-refractivity contribution is 7.99. The third kappa shape index (κ3) is 3.35. The van der Waals surface area contributed by atoms with Crippen LogP contribution in [0, 0.1) is 0 Å². The van der Waals surface area contributed by atoms with Crippen molar-refractivity contribution >= 4 is 17.5 Å². The molecule has 0 radical (unpaired) electrons. The van der Waals surface area contributed by atoms with Gasteiger partial charge in [-0.2, -0.15) is 9.78 Å². The molecule has 3 aromatic rings. The monoisotopic (exact) mass is 382 g/mol. The molecule has 0 fully saturated rings. The van der Waals surface area contributed by atoms with E-state index in [-0.39, 0.29) is 0 Å². The molecule has 0 unspecified atom stereocenters. The molecule has 8 heteroatoms. The van der Waals surface area contributed by atoms with Crippen LogP contribution in [0.5, 0.6) is 17.2 Å². The first-order chi connectivity index (χ1) is 13.2. The fourth-order valence-corrected chi connectivity index (χ4v) is 3.62. The van der Waals surface area contributed by atoms with Gasteiger partial charge in [-0.25, -0.2) is 0 Å². The minimum absolute atomic E-state index is 0.670. The maximum atomic E-state index is 5.37. The van der Waals surface area contributed by atoms with Crippen molar-refractivity contribution in [3.63, 3.8) is 0 Å². The number of rotatable bonds is 5. The van der Waals surface area contributed by atoms with Crippen LogP contribution in [0.4, 0.5) is 0 Å². The summed E-state index contributed by atoms with van der Waals surface area (Å²) < 4.78 is 17.8. The number of ether oxygens (including phenoxy) is 3. The Balaban J connectivity index is 1.78. The number of aromatic nitrogens is 3. The Labute approximate surface area is 161 Å². The van der Waals surface area contributed by atoms with Crippen LogP contribution < -0.4 is 14.2 Å². The lowest BCUT2D eigenvalue weighted by Gasteiger charge is -2.15. The Hall–Kier alpha value is -3.00. The van der Waals surface area contributed by atoms with Crippen molar-refractivity contribution < 1.29 is 14.2 Å². The van der Waals surface area contributed by atoms with Gasteiger partial charge in [0.2, 0.25) is 5.16 Å². The van der Waals surface area contributed by atoms with Gasteiger partial charge in [-0.05, 0) is 24.3 Å². The molecule has 1 aromatic heterocycles. The maximum Gasteiger partial charge on any atom is 0.212 e. The molecule has 138 valence electrons. The van der Waals surface area contributed by atoms with E-state index in [1.807, 2.05) is 42.5 Å². The standard InChI is InChI=1S/C19H18N4O3S/c1-24-14-6-4-5-12(7-14)18-20-21-19-23(18)22-17(11-27-19)13-8-15(25-2)10-16(9-13)26-3/h4-10H,11H2,1-3H3. The molecule has 27 heavy (non-hydrogen) atoms. The highest BCUT2D eigenvalue weighted by Gasteiger charge is 2.21. The zero-order valence-electron chi connectivity index (χ0n) is 15.2. The average Bonchev–Trinajstić information content (AvgIpc) is 3.16. The topological polar surface area (TPSA) is 70.8 Å². The molecule has 0 bridgehead atoms. The Morgan fingerprint density at radius 1 is 0.852 bits per heavy atom. The molecular weight excluding hydrogens is 364 g/mol. The second kappa shape index (κ2) is 7.32. The molecule has 4 rings (SSSR count). The normalized spacial score (nSPS) is 12.9. The molecule has 2 heterocycles. The Kier molecular flexibility index (Phi) is 4.72. The summed E-state index contributed by atoms with van der Waals surface area (Å²) in [5.41, 5.74) is 2.73. The van der Waals surface area contributed by atoms with Gasteiger partial charge in [0.25, 0.3) is 0 Å². The van der Waals surface area contributed by atoms with Gasteiger partial charge in [-0.3, -0.25) is 0 Å². The van der Waals surface area contributed by atoms with Gasteiger partial charge in [0.05, 0.1) is 27.0 Å². The molecule has 0 saturated heterocycles. The van der Waals surface area contributed by atoms with E-state index in [0.717, 1.165) is 39.2 Å². The predicted octanol–water partition coefficient (Wildman–Crippen LogP) is 3.33. The van der Waals surface area contributed by atoms with Crippen LogP contribution in [0.1, 0.15) is 5.56 Å². The highest BCUT2D eigenvalue weighted by atomic mass is 32.2.